The van der Waals surface area contributed by atoms with Crippen LogP contribution in [0.1, 0.15) is 29.8 Å². The van der Waals surface area contributed by atoms with Gasteiger partial charge in [0, 0.05) is 37.6 Å². The zero-order chi connectivity index (χ0) is 14.1. The molecule has 1 N–H and O–H groups in total. The van der Waals surface area contributed by atoms with Gasteiger partial charge in [0.15, 0.2) is 5.13 Å². The van der Waals surface area contributed by atoms with E-state index >= 15 is 0 Å². The van der Waals surface area contributed by atoms with Gasteiger partial charge in [-0.2, -0.15) is 0 Å². The molecule has 0 amide bonds. The maximum Gasteiger partial charge on any atom is 0.185 e. The van der Waals surface area contributed by atoms with Crippen molar-refractivity contribution in [1.29, 1.82) is 0 Å². The maximum atomic E-state index is 4.76. The molecule has 112 valence electrons. The number of likely N-dealkylation sites (tertiary alicyclic amines) is 1. The van der Waals surface area contributed by atoms with Gasteiger partial charge in [-0.25, -0.2) is 4.98 Å². The van der Waals surface area contributed by atoms with Gasteiger partial charge in [-0.3, -0.25) is 0 Å². The highest BCUT2D eigenvalue weighted by atomic mass is 32.1. The van der Waals surface area contributed by atoms with Gasteiger partial charge in [0.2, 0.25) is 0 Å². The van der Waals surface area contributed by atoms with E-state index in [2.05, 4.69) is 36.1 Å². The van der Waals surface area contributed by atoms with Crippen LogP contribution in [0.15, 0.2) is 0 Å². The van der Waals surface area contributed by atoms with Crippen LogP contribution in [0.2, 0.25) is 0 Å². The lowest BCUT2D eigenvalue weighted by Crippen LogP contribution is -2.27. The maximum absolute atomic E-state index is 4.76. The summed E-state index contributed by atoms with van der Waals surface area (Å²) in [7, 11) is 4.41. The average molecular weight is 294 g/mol. The number of hydrogen-bond acceptors (Lipinski definition) is 5. The van der Waals surface area contributed by atoms with Crippen LogP contribution in [-0.2, 0) is 6.54 Å². The Bertz CT molecular complexity index is 455. The molecule has 1 atom stereocenters. The Kier molecular flexibility index (Phi) is 4.29. The van der Waals surface area contributed by atoms with E-state index in [-0.39, 0.29) is 0 Å². The second-order valence-corrected chi connectivity index (χ2v) is 7.52. The highest BCUT2D eigenvalue weighted by Gasteiger charge is 2.23. The van der Waals surface area contributed by atoms with Crippen LogP contribution in [0.3, 0.4) is 0 Å². The lowest BCUT2D eigenvalue weighted by Gasteiger charge is -2.20. The summed E-state index contributed by atoms with van der Waals surface area (Å²) in [4.78, 5) is 10.9. The molecule has 1 unspecified atom stereocenters. The van der Waals surface area contributed by atoms with E-state index in [1.54, 1.807) is 0 Å². The minimum absolute atomic E-state index is 0.770. The number of aromatic nitrogens is 1. The van der Waals surface area contributed by atoms with Crippen LogP contribution < -0.4 is 10.2 Å². The van der Waals surface area contributed by atoms with E-state index in [1.807, 2.05) is 11.3 Å². The van der Waals surface area contributed by atoms with Crippen molar-refractivity contribution in [1.82, 2.24) is 15.2 Å². The molecule has 1 saturated carbocycles. The average Bonchev–Trinajstić information content (AvgIpc) is 3.04. The van der Waals surface area contributed by atoms with Gasteiger partial charge >= 0.3 is 0 Å². The standard InChI is InChI=1S/C15H26N4S/c1-11-14(8-16-13-4-5-13)20-15(17-11)19(3)10-12-6-7-18(2)9-12/h12-13,16H,4-10H2,1-3H3. The first-order chi connectivity index (χ1) is 9.61. The molecular weight excluding hydrogens is 268 g/mol. The molecule has 0 bridgehead atoms. The lowest BCUT2D eigenvalue weighted by atomic mass is 10.1. The molecule has 2 heterocycles. The normalized spacial score (nSPS) is 23.4. The summed E-state index contributed by atoms with van der Waals surface area (Å²) in [6.45, 7) is 6.73. The van der Waals surface area contributed by atoms with Crippen molar-refractivity contribution < 1.29 is 0 Å². The molecule has 2 aliphatic rings. The molecule has 1 aromatic heterocycles. The topological polar surface area (TPSA) is 31.4 Å². The smallest absolute Gasteiger partial charge is 0.185 e. The second-order valence-electron chi connectivity index (χ2n) is 6.46. The van der Waals surface area contributed by atoms with Gasteiger partial charge in [-0.1, -0.05) is 0 Å². The monoisotopic (exact) mass is 294 g/mol. The van der Waals surface area contributed by atoms with Crippen LogP contribution in [0.5, 0.6) is 0 Å². The van der Waals surface area contributed by atoms with E-state index in [0.29, 0.717) is 0 Å². The fourth-order valence-electron chi connectivity index (χ4n) is 2.91. The molecule has 1 aliphatic carbocycles. The molecular formula is C15H26N4S. The molecule has 4 nitrogen and oxygen atoms in total. The Morgan fingerprint density at radius 2 is 2.20 bits per heavy atom. The van der Waals surface area contributed by atoms with Gasteiger partial charge in [0.05, 0.1) is 5.69 Å². The zero-order valence-electron chi connectivity index (χ0n) is 12.9. The molecule has 2 fully saturated rings. The minimum atomic E-state index is 0.770. The number of anilines is 1. The van der Waals surface area contributed by atoms with Crippen LogP contribution in [0.4, 0.5) is 5.13 Å². The zero-order valence-corrected chi connectivity index (χ0v) is 13.7. The van der Waals surface area contributed by atoms with Crippen molar-refractivity contribution >= 4 is 16.5 Å². The van der Waals surface area contributed by atoms with Crippen molar-refractivity contribution in [2.45, 2.75) is 38.8 Å². The van der Waals surface area contributed by atoms with Crippen molar-refractivity contribution in [2.75, 3.05) is 38.6 Å². The van der Waals surface area contributed by atoms with Crippen molar-refractivity contribution in [3.05, 3.63) is 10.6 Å². The van der Waals surface area contributed by atoms with Crippen molar-refractivity contribution in [3.63, 3.8) is 0 Å². The summed E-state index contributed by atoms with van der Waals surface area (Å²) in [5.41, 5.74) is 1.20. The predicted molar refractivity (Wildman–Crippen MR) is 85.6 cm³/mol. The fraction of sp³-hybridized carbons (Fsp3) is 0.800. The number of nitrogens with zero attached hydrogens (tertiary/aromatic N) is 3. The van der Waals surface area contributed by atoms with Crippen molar-refractivity contribution in [2.24, 2.45) is 5.92 Å². The Morgan fingerprint density at radius 1 is 1.40 bits per heavy atom. The third kappa shape index (κ3) is 3.51. The second kappa shape index (κ2) is 6.00. The Hall–Kier alpha value is -0.650. The summed E-state index contributed by atoms with van der Waals surface area (Å²) in [6.07, 6.45) is 4.01. The van der Waals surface area contributed by atoms with Crippen LogP contribution >= 0.6 is 11.3 Å². The number of aryl methyl sites for hydroxylation is 1. The summed E-state index contributed by atoms with van der Waals surface area (Å²) in [5.74, 6) is 0.794. The van der Waals surface area contributed by atoms with Gasteiger partial charge in [-0.05, 0) is 45.7 Å². The van der Waals surface area contributed by atoms with Crippen LogP contribution in [0.25, 0.3) is 0 Å². The first kappa shape index (κ1) is 14.3. The third-order valence-electron chi connectivity index (χ3n) is 4.36. The Morgan fingerprint density at radius 3 is 2.85 bits per heavy atom. The number of nitrogens with one attached hydrogen (secondary N) is 1. The molecule has 5 heteroatoms. The number of thiazole rings is 1. The Labute approximate surface area is 126 Å². The van der Waals surface area contributed by atoms with Crippen LogP contribution in [0, 0.1) is 12.8 Å². The summed E-state index contributed by atoms with van der Waals surface area (Å²) < 4.78 is 0. The van der Waals surface area contributed by atoms with E-state index in [4.69, 9.17) is 4.98 Å². The molecule has 0 spiro atoms. The molecule has 3 rings (SSSR count). The summed E-state index contributed by atoms with van der Waals surface area (Å²) >= 11 is 1.86. The van der Waals surface area contributed by atoms with E-state index in [0.717, 1.165) is 25.0 Å². The quantitative estimate of drug-likeness (QED) is 0.870. The summed E-state index contributed by atoms with van der Waals surface area (Å²) in [5, 5.41) is 4.77. The molecule has 1 saturated heterocycles. The SMILES string of the molecule is Cc1nc(N(C)CC2CCN(C)C2)sc1CNC1CC1. The number of hydrogen-bond donors (Lipinski definition) is 1. The largest absolute Gasteiger partial charge is 0.351 e. The molecule has 0 aromatic carbocycles. The molecule has 1 aliphatic heterocycles. The molecule has 20 heavy (non-hydrogen) atoms. The van der Waals surface area contributed by atoms with E-state index < -0.39 is 0 Å². The van der Waals surface area contributed by atoms with Gasteiger partial charge in [0.1, 0.15) is 0 Å². The van der Waals surface area contributed by atoms with E-state index in [1.165, 1.54) is 48.1 Å². The highest BCUT2D eigenvalue weighted by Crippen LogP contribution is 2.28. The first-order valence-electron chi connectivity index (χ1n) is 7.71. The minimum Gasteiger partial charge on any atom is -0.351 e. The Balaban J connectivity index is 1.56. The van der Waals surface area contributed by atoms with Gasteiger partial charge in [0.25, 0.3) is 0 Å². The highest BCUT2D eigenvalue weighted by molar-refractivity contribution is 7.15. The van der Waals surface area contributed by atoms with Gasteiger partial charge < -0.3 is 15.1 Å². The summed E-state index contributed by atoms with van der Waals surface area (Å²) in [6, 6.07) is 0.770. The van der Waals surface area contributed by atoms with E-state index in [9.17, 15) is 0 Å². The van der Waals surface area contributed by atoms with Gasteiger partial charge in [-0.15, -0.1) is 11.3 Å². The van der Waals surface area contributed by atoms with Crippen molar-refractivity contribution in [3.8, 4) is 0 Å². The lowest BCUT2D eigenvalue weighted by molar-refractivity contribution is 0.396. The first-order valence-corrected chi connectivity index (χ1v) is 8.53. The molecule has 1 aromatic rings. The third-order valence-corrected chi connectivity index (χ3v) is 5.63. The number of rotatable bonds is 6. The molecule has 0 radical (unpaired) electrons. The fourth-order valence-corrected chi connectivity index (χ4v) is 3.89. The predicted octanol–water partition coefficient (Wildman–Crippen LogP) is 2.09. The van der Waals surface area contributed by atoms with Crippen LogP contribution in [-0.4, -0.2) is 49.7 Å².